The quantitative estimate of drug-likeness (QED) is 0.246. The van der Waals surface area contributed by atoms with Gasteiger partial charge in [-0.2, -0.15) is 0 Å². The summed E-state index contributed by atoms with van der Waals surface area (Å²) in [5.74, 6) is 10.6. The molecule has 0 aliphatic heterocycles. The molecule has 3 unspecified atom stereocenters. The van der Waals surface area contributed by atoms with Gasteiger partial charge in [-0.1, -0.05) is 344 Å². The predicted octanol–water partition coefficient (Wildman–Crippen LogP) is 26.5. The van der Waals surface area contributed by atoms with Gasteiger partial charge in [0.25, 0.3) is 0 Å². The third-order valence-electron chi connectivity index (χ3n) is 17.1. The average molecular weight is 994 g/mol. The van der Waals surface area contributed by atoms with E-state index in [1.807, 2.05) is 27.7 Å². The van der Waals surface area contributed by atoms with Crippen LogP contribution in [0.3, 0.4) is 0 Å². The summed E-state index contributed by atoms with van der Waals surface area (Å²) in [6, 6.07) is 0. The second kappa shape index (κ2) is 45.2. The van der Waals surface area contributed by atoms with Gasteiger partial charge in [0.1, 0.15) is 0 Å². The van der Waals surface area contributed by atoms with Gasteiger partial charge in [0, 0.05) is 0 Å². The largest absolute Gasteiger partial charge is 0.0683 e. The molecule has 6 aliphatic carbocycles. The molecule has 6 rings (SSSR count). The normalized spacial score (nSPS) is 26.1. The van der Waals surface area contributed by atoms with Crippen molar-refractivity contribution in [2.75, 3.05) is 0 Å². The topological polar surface area (TPSA) is 0 Å². The molecule has 0 N–H and O–H groups in total. The van der Waals surface area contributed by atoms with E-state index in [4.69, 9.17) is 0 Å². The van der Waals surface area contributed by atoms with E-state index in [-0.39, 0.29) is 0 Å². The van der Waals surface area contributed by atoms with Crippen molar-refractivity contribution in [3.05, 3.63) is 0 Å². The molecule has 0 aromatic heterocycles. The van der Waals surface area contributed by atoms with Crippen molar-refractivity contribution in [3.8, 4) is 0 Å². The number of hydrogen-bond donors (Lipinski definition) is 0. The number of hydrogen-bond acceptors (Lipinski definition) is 0. The monoisotopic (exact) mass is 993 g/mol. The fraction of sp³-hybridized carbons (Fsp3) is 1.00. The summed E-state index contributed by atoms with van der Waals surface area (Å²) in [5.41, 5.74) is 2.87. The molecule has 6 fully saturated rings. The minimum atomic E-state index is 0.500. The lowest BCUT2D eigenvalue weighted by Crippen LogP contribution is -2.24. The van der Waals surface area contributed by atoms with E-state index in [1.54, 1.807) is 0 Å². The van der Waals surface area contributed by atoms with E-state index >= 15 is 0 Å². The zero-order chi connectivity index (χ0) is 56.7. The van der Waals surface area contributed by atoms with E-state index in [2.05, 4.69) is 201 Å². The van der Waals surface area contributed by atoms with Crippen molar-refractivity contribution < 1.29 is 0 Å². The van der Waals surface area contributed by atoms with Crippen molar-refractivity contribution in [2.24, 2.45) is 92.2 Å². The van der Waals surface area contributed by atoms with Crippen LogP contribution in [-0.4, -0.2) is 0 Å². The minimum Gasteiger partial charge on any atom is -0.0683 e. The Morgan fingerprint density at radius 2 is 0.686 bits per heavy atom. The summed E-state index contributed by atoms with van der Waals surface area (Å²) in [4.78, 5) is 0. The maximum Gasteiger partial charge on any atom is -0.0323 e. The van der Waals surface area contributed by atoms with Crippen LogP contribution in [-0.2, 0) is 0 Å². The molecule has 0 nitrogen and oxygen atoms in total. The molecule has 0 aromatic rings. The van der Waals surface area contributed by atoms with E-state index in [1.165, 1.54) is 135 Å². The van der Waals surface area contributed by atoms with Gasteiger partial charge < -0.3 is 0 Å². The standard InChI is InChI=1S/C10H20.2C8H16.2C7H14.C6H12.C6H14.2C5H12.C4H10.2C2H6/c1-8-9(2,3)6-7-10(8,4)5;1-7-5-4-6-8(7,2)3;1-6-4-5-7(2)8(6)3;1-6-4-3-5-7(6)2;1-7-5-3-2-4-6-7;1-6-4-2-3-5-6;1-5-6(2,3)4;1-5(2,3)4;1-4-5(2)3;1-4(2)3;2*1-2/h8H,6-7H2,1-5H3;7H,4-6H2,1-3H3;6-8H,4-5H2,1-3H3;6-7H,3-5H2,1-2H3;7H,2-6H2,1H3;6H,2-5H2,1H3;5H2,1-4H3;1-4H3;5H,4H2,1-3H3;4H,1-3H3;2*1-2H3/t;7-;;6-,7?;;;;;;;;/m.1.1......../s1. The van der Waals surface area contributed by atoms with Crippen LogP contribution < -0.4 is 0 Å². The second-order valence-corrected chi connectivity index (χ2v) is 29.8. The molecular formula is C70H152. The lowest BCUT2D eigenvalue weighted by molar-refractivity contribution is 0.179. The maximum absolute atomic E-state index is 2.40. The van der Waals surface area contributed by atoms with E-state index in [9.17, 15) is 0 Å². The molecule has 0 heterocycles. The highest BCUT2D eigenvalue weighted by Gasteiger charge is 2.43. The fourth-order valence-corrected chi connectivity index (χ4v) is 9.02. The Morgan fingerprint density at radius 3 is 0.771 bits per heavy atom. The third-order valence-corrected chi connectivity index (χ3v) is 17.1. The zero-order valence-electron chi connectivity index (χ0n) is 56.7. The summed E-state index contributed by atoms with van der Waals surface area (Å²) < 4.78 is 0. The first-order valence-electron chi connectivity index (χ1n) is 31.9. The van der Waals surface area contributed by atoms with E-state index in [0.29, 0.717) is 27.1 Å². The SMILES string of the molecule is CC.CC.CC(C)(C)C.CC(C)C.CC1C(C)(C)CCC1(C)C.CC1CCC(C)C1C.CC1CCCC1.CC1CCCCC1.CC1CCC[C@H]1C.CCC(C)(C)C.CCC(C)C.C[C@@H]1CCCC1(C)C. The minimum absolute atomic E-state index is 0.500. The zero-order valence-corrected chi connectivity index (χ0v) is 56.7. The molecule has 6 saturated carbocycles. The van der Waals surface area contributed by atoms with Crippen molar-refractivity contribution in [1.82, 2.24) is 0 Å². The Morgan fingerprint density at radius 1 is 0.400 bits per heavy atom. The Labute approximate surface area is 453 Å². The van der Waals surface area contributed by atoms with Crippen LogP contribution in [0.5, 0.6) is 0 Å². The molecule has 5 atom stereocenters. The molecule has 0 aromatic carbocycles. The van der Waals surface area contributed by atoms with Gasteiger partial charge in [-0.15, -0.1) is 0 Å². The molecule has 70 heavy (non-hydrogen) atoms. The van der Waals surface area contributed by atoms with Crippen molar-refractivity contribution in [2.45, 2.75) is 363 Å². The van der Waals surface area contributed by atoms with Gasteiger partial charge in [0.2, 0.25) is 0 Å². The van der Waals surface area contributed by atoms with Crippen molar-refractivity contribution in [3.63, 3.8) is 0 Å². The summed E-state index contributed by atoms with van der Waals surface area (Å²) in [6.45, 7) is 74.5. The van der Waals surface area contributed by atoms with Crippen LogP contribution in [0, 0.1) is 92.2 Å². The van der Waals surface area contributed by atoms with Crippen LogP contribution in [0.25, 0.3) is 0 Å². The van der Waals surface area contributed by atoms with Crippen molar-refractivity contribution >= 4 is 0 Å². The Kier molecular flexibility index (Phi) is 52.6. The second-order valence-electron chi connectivity index (χ2n) is 29.8. The third kappa shape index (κ3) is 54.3. The van der Waals surface area contributed by atoms with Gasteiger partial charge in [0.15, 0.2) is 0 Å². The van der Waals surface area contributed by atoms with Crippen LogP contribution in [0.15, 0.2) is 0 Å². The van der Waals surface area contributed by atoms with Crippen LogP contribution in [0.4, 0.5) is 0 Å². The summed E-state index contributed by atoms with van der Waals surface area (Å²) in [6.07, 6.45) is 30.5. The van der Waals surface area contributed by atoms with Gasteiger partial charge in [-0.05, 0) is 111 Å². The Balaban J connectivity index is -0.000000163. The van der Waals surface area contributed by atoms with Crippen LogP contribution in [0.1, 0.15) is 363 Å². The first-order valence-corrected chi connectivity index (χ1v) is 31.9. The highest BCUT2D eigenvalue weighted by molar-refractivity contribution is 4.93. The predicted molar refractivity (Wildman–Crippen MR) is 335 cm³/mol. The van der Waals surface area contributed by atoms with Crippen LogP contribution >= 0.6 is 0 Å². The molecule has 0 heteroatoms. The van der Waals surface area contributed by atoms with E-state index in [0.717, 1.165) is 65.1 Å². The molecule has 6 aliphatic rings. The number of rotatable bonds is 1. The smallest absolute Gasteiger partial charge is 0.0323 e. The molecule has 0 spiro atoms. The van der Waals surface area contributed by atoms with Gasteiger partial charge in [-0.25, -0.2) is 0 Å². The fourth-order valence-electron chi connectivity index (χ4n) is 9.02. The van der Waals surface area contributed by atoms with E-state index < -0.39 is 0 Å². The first kappa shape index (κ1) is 81.4. The molecule has 0 bridgehead atoms. The summed E-state index contributed by atoms with van der Waals surface area (Å²) in [5, 5.41) is 0. The maximum atomic E-state index is 2.40. The Hall–Kier alpha value is 0. The molecule has 0 amide bonds. The van der Waals surface area contributed by atoms with Crippen molar-refractivity contribution in [1.29, 1.82) is 0 Å². The highest BCUT2D eigenvalue weighted by Crippen LogP contribution is 2.53. The lowest BCUT2D eigenvalue weighted by Gasteiger charge is -2.31. The Bertz CT molecular complexity index is 984. The molecule has 432 valence electrons. The van der Waals surface area contributed by atoms with Gasteiger partial charge in [0.05, 0.1) is 0 Å². The molecular weight excluding hydrogens is 841 g/mol. The first-order chi connectivity index (χ1) is 31.9. The van der Waals surface area contributed by atoms with Gasteiger partial charge >= 0.3 is 0 Å². The molecule has 0 saturated heterocycles. The van der Waals surface area contributed by atoms with Gasteiger partial charge in [-0.3, -0.25) is 0 Å². The highest BCUT2D eigenvalue weighted by atomic mass is 14.5. The summed E-state index contributed by atoms with van der Waals surface area (Å²) >= 11 is 0. The average Bonchev–Trinajstić information content (AvgIpc) is 4.08. The molecule has 0 radical (unpaired) electrons. The van der Waals surface area contributed by atoms with Crippen LogP contribution in [0.2, 0.25) is 0 Å². The lowest BCUT2D eigenvalue weighted by atomic mass is 9.74. The summed E-state index contributed by atoms with van der Waals surface area (Å²) in [7, 11) is 0.